The molecule has 1 unspecified atom stereocenters. The molecule has 1 aromatic rings. The molecule has 2 fully saturated rings. The van der Waals surface area contributed by atoms with E-state index in [1.54, 1.807) is 4.90 Å². The standard InChI is InChI=1S/C17H22F2N2O/c18-15-6-3-7-16(19)14(15)11-21(13-4-1-2-5-13)17(22)12-8-9-20-10-12/h3,6-7,12-13,20H,1-2,4-5,8-11H2. The Hall–Kier alpha value is -1.49. The Morgan fingerprint density at radius 1 is 1.18 bits per heavy atom. The maximum atomic E-state index is 13.9. The quantitative estimate of drug-likeness (QED) is 0.927. The summed E-state index contributed by atoms with van der Waals surface area (Å²) in [5, 5.41) is 3.19. The van der Waals surface area contributed by atoms with Crippen molar-refractivity contribution in [3.63, 3.8) is 0 Å². The minimum absolute atomic E-state index is 0.00806. The van der Waals surface area contributed by atoms with Gasteiger partial charge in [-0.25, -0.2) is 8.78 Å². The summed E-state index contributed by atoms with van der Waals surface area (Å²) in [4.78, 5) is 14.5. The van der Waals surface area contributed by atoms with Gasteiger partial charge < -0.3 is 10.2 Å². The Morgan fingerprint density at radius 2 is 1.86 bits per heavy atom. The van der Waals surface area contributed by atoms with Crippen LogP contribution in [-0.4, -0.2) is 29.9 Å². The van der Waals surface area contributed by atoms with Crippen molar-refractivity contribution in [1.29, 1.82) is 0 Å². The first kappa shape index (κ1) is 15.4. The average molecular weight is 308 g/mol. The van der Waals surface area contributed by atoms with Gasteiger partial charge in [-0.15, -0.1) is 0 Å². The van der Waals surface area contributed by atoms with Crippen LogP contribution in [0.25, 0.3) is 0 Å². The van der Waals surface area contributed by atoms with E-state index >= 15 is 0 Å². The van der Waals surface area contributed by atoms with Gasteiger partial charge in [0.1, 0.15) is 11.6 Å². The number of hydrogen-bond acceptors (Lipinski definition) is 2. The molecule has 1 aromatic carbocycles. The second kappa shape index (κ2) is 6.73. The fourth-order valence-corrected chi connectivity index (χ4v) is 3.56. The Kier molecular flexibility index (Phi) is 4.71. The van der Waals surface area contributed by atoms with Gasteiger partial charge in [0.2, 0.25) is 5.91 Å². The van der Waals surface area contributed by atoms with Crippen molar-refractivity contribution >= 4 is 5.91 Å². The Labute approximate surface area is 129 Å². The molecule has 1 aliphatic heterocycles. The van der Waals surface area contributed by atoms with Gasteiger partial charge in [0.15, 0.2) is 0 Å². The number of nitrogens with zero attached hydrogens (tertiary/aromatic N) is 1. The van der Waals surface area contributed by atoms with E-state index in [0.29, 0.717) is 6.54 Å². The van der Waals surface area contributed by atoms with E-state index in [2.05, 4.69) is 5.32 Å². The van der Waals surface area contributed by atoms with Gasteiger partial charge in [0.25, 0.3) is 0 Å². The molecule has 2 aliphatic rings. The van der Waals surface area contributed by atoms with Crippen molar-refractivity contribution in [3.05, 3.63) is 35.4 Å². The van der Waals surface area contributed by atoms with Crippen LogP contribution in [0.5, 0.6) is 0 Å². The predicted molar refractivity (Wildman–Crippen MR) is 80.1 cm³/mol. The molecule has 5 heteroatoms. The first-order valence-corrected chi connectivity index (χ1v) is 8.11. The lowest BCUT2D eigenvalue weighted by molar-refractivity contribution is -0.138. The van der Waals surface area contributed by atoms with Gasteiger partial charge in [-0.2, -0.15) is 0 Å². The highest BCUT2D eigenvalue weighted by Gasteiger charge is 2.33. The lowest BCUT2D eigenvalue weighted by Crippen LogP contribution is -2.42. The molecule has 0 radical (unpaired) electrons. The maximum absolute atomic E-state index is 13.9. The number of halogens is 2. The van der Waals surface area contributed by atoms with Crippen LogP contribution in [0.15, 0.2) is 18.2 Å². The molecule has 22 heavy (non-hydrogen) atoms. The molecule has 3 nitrogen and oxygen atoms in total. The summed E-state index contributed by atoms with van der Waals surface area (Å²) in [5.74, 6) is -1.16. The Morgan fingerprint density at radius 3 is 2.45 bits per heavy atom. The van der Waals surface area contributed by atoms with Gasteiger partial charge in [-0.1, -0.05) is 18.9 Å². The molecule has 120 valence electrons. The summed E-state index contributed by atoms with van der Waals surface area (Å²) >= 11 is 0. The number of hydrogen-bond donors (Lipinski definition) is 1. The van der Waals surface area contributed by atoms with Crippen molar-refractivity contribution in [1.82, 2.24) is 10.2 Å². The summed E-state index contributed by atoms with van der Waals surface area (Å²) < 4.78 is 27.9. The maximum Gasteiger partial charge on any atom is 0.227 e. The van der Waals surface area contributed by atoms with Crippen LogP contribution in [0, 0.1) is 17.6 Å². The minimum Gasteiger partial charge on any atom is -0.335 e. The molecular weight excluding hydrogens is 286 g/mol. The van der Waals surface area contributed by atoms with Crippen molar-refractivity contribution in [2.75, 3.05) is 13.1 Å². The largest absolute Gasteiger partial charge is 0.335 e. The average Bonchev–Trinajstić information content (AvgIpc) is 3.20. The highest BCUT2D eigenvalue weighted by Crippen LogP contribution is 2.28. The first-order chi connectivity index (χ1) is 10.7. The smallest absolute Gasteiger partial charge is 0.227 e. The van der Waals surface area contributed by atoms with E-state index in [9.17, 15) is 13.6 Å². The van der Waals surface area contributed by atoms with Gasteiger partial charge in [0, 0.05) is 18.2 Å². The van der Waals surface area contributed by atoms with Crippen molar-refractivity contribution < 1.29 is 13.6 Å². The molecule has 1 aliphatic carbocycles. The highest BCUT2D eigenvalue weighted by atomic mass is 19.1. The molecule has 1 saturated heterocycles. The van der Waals surface area contributed by atoms with Crippen molar-refractivity contribution in [3.8, 4) is 0 Å². The highest BCUT2D eigenvalue weighted by molar-refractivity contribution is 5.79. The van der Waals surface area contributed by atoms with Gasteiger partial charge in [-0.05, 0) is 37.9 Å². The molecule has 0 spiro atoms. The lowest BCUT2D eigenvalue weighted by atomic mass is 10.0. The van der Waals surface area contributed by atoms with E-state index in [-0.39, 0.29) is 30.0 Å². The predicted octanol–water partition coefficient (Wildman–Crippen LogP) is 2.85. The number of amides is 1. The molecule has 1 saturated carbocycles. The van der Waals surface area contributed by atoms with Crippen LogP contribution < -0.4 is 5.32 Å². The van der Waals surface area contributed by atoms with Crippen LogP contribution in [0.3, 0.4) is 0 Å². The second-order valence-corrected chi connectivity index (χ2v) is 6.29. The third kappa shape index (κ3) is 3.14. The Balaban J connectivity index is 1.83. The summed E-state index contributed by atoms with van der Waals surface area (Å²) in [6, 6.07) is 3.99. The van der Waals surface area contributed by atoms with Crippen LogP contribution in [0.4, 0.5) is 8.78 Å². The molecule has 1 atom stereocenters. The summed E-state index contributed by atoms with van der Waals surface area (Å²) in [7, 11) is 0. The molecule has 1 N–H and O–H groups in total. The van der Waals surface area contributed by atoms with Crippen molar-refractivity contribution in [2.45, 2.75) is 44.7 Å². The van der Waals surface area contributed by atoms with Crippen LogP contribution in [0.1, 0.15) is 37.7 Å². The van der Waals surface area contributed by atoms with Crippen LogP contribution >= 0.6 is 0 Å². The van der Waals surface area contributed by atoms with E-state index < -0.39 is 11.6 Å². The van der Waals surface area contributed by atoms with Crippen LogP contribution in [-0.2, 0) is 11.3 Å². The fourth-order valence-electron chi connectivity index (χ4n) is 3.56. The fraction of sp³-hybridized carbons (Fsp3) is 0.588. The monoisotopic (exact) mass is 308 g/mol. The summed E-state index contributed by atoms with van der Waals surface area (Å²) in [5.41, 5.74) is 0.00806. The number of carbonyl (C=O) groups excluding carboxylic acids is 1. The van der Waals surface area contributed by atoms with Gasteiger partial charge in [-0.3, -0.25) is 4.79 Å². The van der Waals surface area contributed by atoms with E-state index in [1.165, 1.54) is 18.2 Å². The Bertz CT molecular complexity index is 517. The molecule has 1 heterocycles. The first-order valence-electron chi connectivity index (χ1n) is 8.11. The zero-order valence-electron chi connectivity index (χ0n) is 12.7. The third-order valence-electron chi connectivity index (χ3n) is 4.85. The SMILES string of the molecule is O=C(C1CCNC1)N(Cc1c(F)cccc1F)C1CCCC1. The number of carbonyl (C=O) groups is 1. The van der Waals surface area contributed by atoms with E-state index in [4.69, 9.17) is 0 Å². The molecule has 0 bridgehead atoms. The van der Waals surface area contributed by atoms with E-state index in [0.717, 1.165) is 38.6 Å². The van der Waals surface area contributed by atoms with Crippen LogP contribution in [0.2, 0.25) is 0 Å². The van der Waals surface area contributed by atoms with Crippen molar-refractivity contribution in [2.24, 2.45) is 5.92 Å². The molecule has 1 amide bonds. The molecular formula is C17H22F2N2O. The zero-order valence-corrected chi connectivity index (χ0v) is 12.7. The van der Waals surface area contributed by atoms with E-state index in [1.807, 2.05) is 0 Å². The van der Waals surface area contributed by atoms with Gasteiger partial charge in [0.05, 0.1) is 12.5 Å². The topological polar surface area (TPSA) is 32.3 Å². The molecule has 3 rings (SSSR count). The number of benzene rings is 1. The summed E-state index contributed by atoms with van der Waals surface area (Å²) in [6.07, 6.45) is 4.83. The zero-order chi connectivity index (χ0) is 15.5. The van der Waals surface area contributed by atoms with Gasteiger partial charge >= 0.3 is 0 Å². The minimum atomic E-state index is -0.569. The normalized spacial score (nSPS) is 22.2. The third-order valence-corrected chi connectivity index (χ3v) is 4.85. The number of rotatable bonds is 4. The molecule has 0 aromatic heterocycles. The lowest BCUT2D eigenvalue weighted by Gasteiger charge is -2.31. The second-order valence-electron chi connectivity index (χ2n) is 6.29. The summed E-state index contributed by atoms with van der Waals surface area (Å²) in [6.45, 7) is 1.54. The number of nitrogens with one attached hydrogen (secondary N) is 1.